The maximum atomic E-state index is 6.13. The topological polar surface area (TPSA) is 51.1 Å². The van der Waals surface area contributed by atoms with Crippen molar-refractivity contribution in [2.45, 2.75) is 13.5 Å². The summed E-state index contributed by atoms with van der Waals surface area (Å²) in [6, 6.07) is 13.6. The summed E-state index contributed by atoms with van der Waals surface area (Å²) in [7, 11) is 1.66. The molecular weight excluding hydrogens is 368 g/mol. The highest BCUT2D eigenvalue weighted by atomic mass is 35.5. The predicted molar refractivity (Wildman–Crippen MR) is 110 cm³/mol. The van der Waals surface area contributed by atoms with Gasteiger partial charge in [0.1, 0.15) is 5.75 Å². The molecule has 3 rings (SSSR count). The quantitative estimate of drug-likeness (QED) is 0.622. The summed E-state index contributed by atoms with van der Waals surface area (Å²) in [5.41, 5.74) is 3.74. The molecule has 26 heavy (non-hydrogen) atoms. The molecule has 2 N–H and O–H groups in total. The second-order valence-corrected chi connectivity index (χ2v) is 6.59. The normalized spacial score (nSPS) is 10.4. The Bertz CT molecular complexity index is 925. The number of thiocarbonyl (C=S) groups is 1. The first-order valence-corrected chi connectivity index (χ1v) is 8.82. The standard InChI is InChI=1S/C19H19ClN4OS/c1-13-17(20)7-4-8-18(13)23-19(26)22-15-10-21-24(12-15)11-14-5-3-6-16(9-14)25-2/h3-10,12H,11H2,1-2H3,(H2,22,23,26). The molecule has 3 aromatic rings. The molecule has 5 nitrogen and oxygen atoms in total. The Kier molecular flexibility index (Phi) is 5.75. The van der Waals surface area contributed by atoms with Crippen molar-refractivity contribution in [3.63, 3.8) is 0 Å². The van der Waals surface area contributed by atoms with Gasteiger partial charge in [0.15, 0.2) is 5.11 Å². The molecule has 0 radical (unpaired) electrons. The number of rotatable bonds is 5. The van der Waals surface area contributed by atoms with Crippen LogP contribution in [-0.2, 0) is 6.54 Å². The van der Waals surface area contributed by atoms with Crippen LogP contribution < -0.4 is 15.4 Å². The largest absolute Gasteiger partial charge is 0.497 e. The number of methoxy groups -OCH3 is 1. The zero-order chi connectivity index (χ0) is 18.5. The van der Waals surface area contributed by atoms with Crippen molar-refractivity contribution >= 4 is 40.3 Å². The molecule has 0 aliphatic rings. The maximum absolute atomic E-state index is 6.13. The van der Waals surface area contributed by atoms with Crippen molar-refractivity contribution in [3.05, 3.63) is 71.0 Å². The van der Waals surface area contributed by atoms with Gasteiger partial charge in [-0.15, -0.1) is 0 Å². The van der Waals surface area contributed by atoms with E-state index in [0.717, 1.165) is 28.3 Å². The number of hydrogen-bond acceptors (Lipinski definition) is 3. The Balaban J connectivity index is 1.62. The molecule has 0 saturated carbocycles. The van der Waals surface area contributed by atoms with Crippen LogP contribution in [0.1, 0.15) is 11.1 Å². The van der Waals surface area contributed by atoms with Crippen LogP contribution >= 0.6 is 23.8 Å². The highest BCUT2D eigenvalue weighted by Crippen LogP contribution is 2.23. The van der Waals surface area contributed by atoms with E-state index < -0.39 is 0 Å². The zero-order valence-electron chi connectivity index (χ0n) is 14.5. The minimum Gasteiger partial charge on any atom is -0.497 e. The van der Waals surface area contributed by atoms with Crippen LogP contribution in [0.5, 0.6) is 5.75 Å². The number of aromatic nitrogens is 2. The van der Waals surface area contributed by atoms with Gasteiger partial charge < -0.3 is 15.4 Å². The van der Waals surface area contributed by atoms with Crippen molar-refractivity contribution in [3.8, 4) is 5.75 Å². The summed E-state index contributed by atoms with van der Waals surface area (Å²) in [4.78, 5) is 0. The van der Waals surface area contributed by atoms with E-state index in [1.807, 2.05) is 60.3 Å². The molecule has 0 atom stereocenters. The fourth-order valence-electron chi connectivity index (χ4n) is 2.50. The molecule has 7 heteroatoms. The third-order valence-corrected chi connectivity index (χ3v) is 4.50. The highest BCUT2D eigenvalue weighted by Gasteiger charge is 2.06. The van der Waals surface area contributed by atoms with Gasteiger partial charge in [-0.2, -0.15) is 5.10 Å². The lowest BCUT2D eigenvalue weighted by molar-refractivity contribution is 0.414. The Morgan fingerprint density at radius 1 is 1.23 bits per heavy atom. The lowest BCUT2D eigenvalue weighted by Crippen LogP contribution is -2.19. The minimum absolute atomic E-state index is 0.483. The maximum Gasteiger partial charge on any atom is 0.175 e. The second kappa shape index (κ2) is 8.21. The van der Waals surface area contributed by atoms with Crippen LogP contribution in [-0.4, -0.2) is 22.0 Å². The Morgan fingerprint density at radius 2 is 2.04 bits per heavy atom. The molecule has 0 amide bonds. The van der Waals surface area contributed by atoms with E-state index in [0.29, 0.717) is 16.7 Å². The van der Waals surface area contributed by atoms with Crippen LogP contribution in [0.4, 0.5) is 11.4 Å². The molecule has 1 heterocycles. The minimum atomic E-state index is 0.483. The van der Waals surface area contributed by atoms with Crippen molar-refractivity contribution in [1.29, 1.82) is 0 Å². The van der Waals surface area contributed by atoms with Gasteiger partial charge in [-0.05, 0) is 54.5 Å². The molecule has 0 fully saturated rings. The van der Waals surface area contributed by atoms with Crippen molar-refractivity contribution in [2.75, 3.05) is 17.7 Å². The summed E-state index contributed by atoms with van der Waals surface area (Å²) in [5.74, 6) is 0.829. The molecule has 0 aliphatic heterocycles. The Hall–Kier alpha value is -2.57. The molecule has 0 unspecified atom stereocenters. The van der Waals surface area contributed by atoms with E-state index in [9.17, 15) is 0 Å². The molecular formula is C19H19ClN4OS. The third kappa shape index (κ3) is 4.53. The number of nitrogens with one attached hydrogen (secondary N) is 2. The van der Waals surface area contributed by atoms with E-state index in [1.165, 1.54) is 0 Å². The number of benzene rings is 2. The summed E-state index contributed by atoms with van der Waals surface area (Å²) >= 11 is 11.5. The number of ether oxygens (including phenoxy) is 1. The van der Waals surface area contributed by atoms with Crippen molar-refractivity contribution in [1.82, 2.24) is 9.78 Å². The fourth-order valence-corrected chi connectivity index (χ4v) is 2.90. The monoisotopic (exact) mass is 386 g/mol. The van der Waals surface area contributed by atoms with Gasteiger partial charge in [0.2, 0.25) is 0 Å². The van der Waals surface area contributed by atoms with Crippen LogP contribution in [0, 0.1) is 6.92 Å². The Morgan fingerprint density at radius 3 is 2.85 bits per heavy atom. The van der Waals surface area contributed by atoms with Gasteiger partial charge >= 0.3 is 0 Å². The highest BCUT2D eigenvalue weighted by molar-refractivity contribution is 7.80. The van der Waals surface area contributed by atoms with E-state index in [1.54, 1.807) is 13.3 Å². The lowest BCUT2D eigenvalue weighted by atomic mass is 10.2. The summed E-state index contributed by atoms with van der Waals surface area (Å²) in [5, 5.41) is 11.8. The summed E-state index contributed by atoms with van der Waals surface area (Å²) < 4.78 is 7.09. The van der Waals surface area contributed by atoms with E-state index >= 15 is 0 Å². The molecule has 0 aliphatic carbocycles. The summed E-state index contributed by atoms with van der Waals surface area (Å²) in [6.45, 7) is 2.59. The number of hydrogen-bond donors (Lipinski definition) is 2. The van der Waals surface area contributed by atoms with Gasteiger partial charge in [-0.3, -0.25) is 4.68 Å². The average Bonchev–Trinajstić information content (AvgIpc) is 3.05. The van der Waals surface area contributed by atoms with Crippen molar-refractivity contribution < 1.29 is 4.74 Å². The predicted octanol–water partition coefficient (Wildman–Crippen LogP) is 4.71. The molecule has 2 aromatic carbocycles. The number of halogens is 1. The van der Waals surface area contributed by atoms with Crippen LogP contribution in [0.15, 0.2) is 54.9 Å². The molecule has 0 saturated heterocycles. The first-order chi connectivity index (χ1) is 12.5. The second-order valence-electron chi connectivity index (χ2n) is 5.77. The smallest absolute Gasteiger partial charge is 0.175 e. The van der Waals surface area contributed by atoms with Gasteiger partial charge in [-0.1, -0.05) is 29.8 Å². The lowest BCUT2D eigenvalue weighted by Gasteiger charge is -2.12. The first-order valence-electron chi connectivity index (χ1n) is 8.03. The van der Waals surface area contributed by atoms with Crippen LogP contribution in [0.25, 0.3) is 0 Å². The third-order valence-electron chi connectivity index (χ3n) is 3.89. The van der Waals surface area contributed by atoms with Gasteiger partial charge in [0.25, 0.3) is 0 Å². The van der Waals surface area contributed by atoms with Crippen LogP contribution in [0.3, 0.4) is 0 Å². The fraction of sp³-hybridized carbons (Fsp3) is 0.158. The van der Waals surface area contributed by atoms with Gasteiger partial charge in [-0.25, -0.2) is 0 Å². The van der Waals surface area contributed by atoms with Crippen molar-refractivity contribution in [2.24, 2.45) is 0 Å². The SMILES string of the molecule is COc1cccc(Cn2cc(NC(=S)Nc3cccc(Cl)c3C)cn2)c1. The van der Waals surface area contributed by atoms with E-state index in [4.69, 9.17) is 28.6 Å². The average molecular weight is 387 g/mol. The molecule has 1 aromatic heterocycles. The Labute approximate surface area is 162 Å². The number of nitrogens with zero attached hydrogens (tertiary/aromatic N) is 2. The van der Waals surface area contributed by atoms with E-state index in [2.05, 4.69) is 15.7 Å². The van der Waals surface area contributed by atoms with E-state index in [-0.39, 0.29) is 0 Å². The summed E-state index contributed by atoms with van der Waals surface area (Å²) in [6.07, 6.45) is 3.64. The van der Waals surface area contributed by atoms with Gasteiger partial charge in [0.05, 0.1) is 25.5 Å². The van der Waals surface area contributed by atoms with Crippen LogP contribution in [0.2, 0.25) is 5.02 Å². The first kappa shape index (κ1) is 18.2. The van der Waals surface area contributed by atoms with Gasteiger partial charge in [0, 0.05) is 16.9 Å². The molecule has 0 spiro atoms. The molecule has 134 valence electrons. The zero-order valence-corrected chi connectivity index (χ0v) is 16.1. The number of anilines is 2. The molecule has 0 bridgehead atoms.